The molecule has 0 aromatic rings. The highest BCUT2D eigenvalue weighted by Gasteiger charge is 2.27. The Kier molecular flexibility index (Phi) is 21.6. The van der Waals surface area contributed by atoms with Crippen LogP contribution in [0.3, 0.4) is 0 Å². The van der Waals surface area contributed by atoms with Crippen molar-refractivity contribution in [3.05, 3.63) is 23.8 Å². The molecule has 0 aromatic carbocycles. The van der Waals surface area contributed by atoms with E-state index in [0.717, 1.165) is 31.3 Å². The van der Waals surface area contributed by atoms with Gasteiger partial charge in [-0.3, -0.25) is 9.59 Å². The van der Waals surface area contributed by atoms with Crippen LogP contribution in [0.1, 0.15) is 124 Å². The van der Waals surface area contributed by atoms with Crippen molar-refractivity contribution in [3.63, 3.8) is 0 Å². The molecule has 0 saturated carbocycles. The highest BCUT2D eigenvalue weighted by molar-refractivity contribution is 5.84. The van der Waals surface area contributed by atoms with Gasteiger partial charge >= 0.3 is 5.97 Å². The zero-order valence-corrected chi connectivity index (χ0v) is 27.8. The molecule has 1 amide bonds. The number of carbonyl (C=O) groups is 2. The summed E-state index contributed by atoms with van der Waals surface area (Å²) in [6.45, 7) is 8.52. The predicted molar refractivity (Wildman–Crippen MR) is 172 cm³/mol. The topological polar surface area (TPSA) is 125 Å². The van der Waals surface area contributed by atoms with E-state index < -0.39 is 30.3 Å². The molecule has 8 heteroatoms. The Labute approximate surface area is 261 Å². The normalized spacial score (nSPS) is 32.0. The van der Waals surface area contributed by atoms with Crippen molar-refractivity contribution in [3.8, 4) is 0 Å². The fourth-order valence-corrected chi connectivity index (χ4v) is 5.74. The Balaban J connectivity index is 2.90. The molecular weight excluding hydrogens is 546 g/mol. The zero-order valence-electron chi connectivity index (χ0n) is 27.8. The molecule has 4 N–H and O–H groups in total. The van der Waals surface area contributed by atoms with E-state index in [9.17, 15) is 24.9 Å². The molecule has 1 aliphatic rings. The van der Waals surface area contributed by atoms with Gasteiger partial charge < -0.3 is 30.1 Å². The van der Waals surface area contributed by atoms with Crippen molar-refractivity contribution in [2.24, 2.45) is 17.8 Å². The van der Waals surface area contributed by atoms with Gasteiger partial charge in [0.25, 0.3) is 5.91 Å². The number of nitrogens with one attached hydrogen (secondary N) is 1. The highest BCUT2D eigenvalue weighted by atomic mass is 16.5. The summed E-state index contributed by atoms with van der Waals surface area (Å²) in [5.41, 5.74) is 1.03. The van der Waals surface area contributed by atoms with E-state index in [1.54, 1.807) is 7.11 Å². The third kappa shape index (κ3) is 18.0. The van der Waals surface area contributed by atoms with Crippen LogP contribution in [0, 0.1) is 17.8 Å². The van der Waals surface area contributed by atoms with Gasteiger partial charge in [0.05, 0.1) is 30.8 Å². The van der Waals surface area contributed by atoms with Crippen LogP contribution in [0.15, 0.2) is 23.8 Å². The number of esters is 1. The Bertz CT molecular complexity index is 814. The molecule has 0 radical (unpaired) electrons. The Morgan fingerprint density at radius 3 is 2.26 bits per heavy atom. The number of ether oxygens (including phenoxy) is 2. The maximum Gasteiger partial charge on any atom is 0.309 e. The second kappa shape index (κ2) is 23.6. The molecule has 1 rings (SSSR count). The summed E-state index contributed by atoms with van der Waals surface area (Å²) < 4.78 is 11.0. The van der Waals surface area contributed by atoms with Crippen LogP contribution in [0.25, 0.3) is 0 Å². The minimum Gasteiger partial charge on any atom is -0.452 e. The summed E-state index contributed by atoms with van der Waals surface area (Å²) in [6.07, 6.45) is 15.5. The van der Waals surface area contributed by atoms with E-state index in [4.69, 9.17) is 9.47 Å². The number of β-amino-alcohol motifs (C(OH)–C–C–N with tert-alkyl or cyclic N) is 1. The fourth-order valence-electron chi connectivity index (χ4n) is 5.74. The Morgan fingerprint density at radius 2 is 1.60 bits per heavy atom. The van der Waals surface area contributed by atoms with E-state index >= 15 is 0 Å². The SMILES string of the molecule is CCC[C@@H]1OC(=O)[C@@H](C)CC(C)CCCCCCCC[C@@H](CC)/C=C/C=C(COC)CC[C@@H](O)[C@@H](O)C[C@H](O)CNC1=O. The van der Waals surface area contributed by atoms with Gasteiger partial charge in [-0.2, -0.15) is 0 Å². The number of aliphatic hydroxyl groups is 3. The predicted octanol–water partition coefficient (Wildman–Crippen LogP) is 6.02. The molecular formula is C35H63NO7. The second-order valence-electron chi connectivity index (χ2n) is 12.8. The Hall–Kier alpha value is -1.74. The average Bonchev–Trinajstić information content (AvgIpc) is 2.97. The largest absolute Gasteiger partial charge is 0.452 e. The lowest BCUT2D eigenvalue weighted by molar-refractivity contribution is -0.160. The van der Waals surface area contributed by atoms with Crippen molar-refractivity contribution < 1.29 is 34.4 Å². The van der Waals surface area contributed by atoms with E-state index in [1.807, 2.05) is 19.9 Å². The van der Waals surface area contributed by atoms with Gasteiger partial charge in [-0.05, 0) is 55.9 Å². The number of rotatable bonds is 5. The molecule has 0 saturated heterocycles. The first-order valence-corrected chi connectivity index (χ1v) is 17.0. The fraction of sp³-hybridized carbons (Fsp3) is 0.829. The Morgan fingerprint density at radius 1 is 0.930 bits per heavy atom. The molecule has 0 bridgehead atoms. The van der Waals surface area contributed by atoms with Crippen LogP contribution in [0.2, 0.25) is 0 Å². The summed E-state index contributed by atoms with van der Waals surface area (Å²) in [6, 6.07) is 0. The summed E-state index contributed by atoms with van der Waals surface area (Å²) >= 11 is 0. The maximum atomic E-state index is 12.8. The van der Waals surface area contributed by atoms with E-state index in [2.05, 4.69) is 31.3 Å². The smallest absolute Gasteiger partial charge is 0.309 e. The van der Waals surface area contributed by atoms with Crippen molar-refractivity contribution >= 4 is 11.9 Å². The van der Waals surface area contributed by atoms with Crippen LogP contribution < -0.4 is 5.32 Å². The first-order chi connectivity index (χ1) is 20.6. The lowest BCUT2D eigenvalue weighted by Gasteiger charge is -2.23. The van der Waals surface area contributed by atoms with Crippen molar-refractivity contribution in [2.45, 2.75) is 148 Å². The summed E-state index contributed by atoms with van der Waals surface area (Å²) in [5.74, 6) is -0.176. The lowest BCUT2D eigenvalue weighted by Crippen LogP contribution is -2.43. The van der Waals surface area contributed by atoms with Crippen molar-refractivity contribution in [1.82, 2.24) is 5.32 Å². The van der Waals surface area contributed by atoms with Crippen LogP contribution in [0.5, 0.6) is 0 Å². The third-order valence-electron chi connectivity index (χ3n) is 8.58. The molecule has 1 aliphatic heterocycles. The molecule has 8 nitrogen and oxygen atoms in total. The van der Waals surface area contributed by atoms with Gasteiger partial charge in [0, 0.05) is 20.1 Å². The number of amides is 1. The number of methoxy groups -OCH3 is 1. The molecule has 250 valence electrons. The number of allylic oxidation sites excluding steroid dienone is 3. The maximum absolute atomic E-state index is 12.8. The standard InChI is InChI=1S/C35H63NO7/c1-6-15-33-34(40)36-24-30(37)23-32(39)31(38)21-20-29(25-42-5)19-14-18-28(7-2)17-13-11-9-8-10-12-16-26(3)22-27(4)35(41)43-33/h14,18-19,26-28,30-33,37-39H,6-13,15-17,20-25H2,1-5H3,(H,36,40)/b18-14+,29-19?/t26?,27-,28+,30-,31+,32-,33-/m0/s1. The van der Waals surface area contributed by atoms with Gasteiger partial charge in [0.15, 0.2) is 6.10 Å². The number of cyclic esters (lactones) is 1. The molecule has 1 unspecified atom stereocenters. The number of hydrogen-bond acceptors (Lipinski definition) is 7. The average molecular weight is 610 g/mol. The van der Waals surface area contributed by atoms with E-state index in [0.29, 0.717) is 44.1 Å². The molecule has 0 aromatic heterocycles. The van der Waals surface area contributed by atoms with Crippen LogP contribution >= 0.6 is 0 Å². The number of aliphatic hydroxyl groups excluding tert-OH is 3. The van der Waals surface area contributed by atoms with Gasteiger partial charge in [-0.1, -0.05) is 97.3 Å². The zero-order chi connectivity index (χ0) is 32.0. The third-order valence-corrected chi connectivity index (χ3v) is 8.58. The van der Waals surface area contributed by atoms with Gasteiger partial charge in [-0.25, -0.2) is 0 Å². The second-order valence-corrected chi connectivity index (χ2v) is 12.8. The molecule has 1 heterocycles. The number of carbonyl (C=O) groups excluding carboxylic acids is 2. The first kappa shape index (κ1) is 39.3. The minimum absolute atomic E-state index is 0.0873. The van der Waals surface area contributed by atoms with Crippen LogP contribution in [-0.2, 0) is 19.1 Å². The minimum atomic E-state index is -1.14. The van der Waals surface area contributed by atoms with Crippen LogP contribution in [0.4, 0.5) is 0 Å². The van der Waals surface area contributed by atoms with E-state index in [-0.39, 0.29) is 24.9 Å². The quantitative estimate of drug-likeness (QED) is 0.281. The lowest BCUT2D eigenvalue weighted by atomic mass is 9.92. The molecule has 0 aliphatic carbocycles. The van der Waals surface area contributed by atoms with Crippen LogP contribution in [-0.4, -0.2) is 71.9 Å². The van der Waals surface area contributed by atoms with E-state index in [1.165, 1.54) is 38.5 Å². The van der Waals surface area contributed by atoms with Gasteiger partial charge in [0.1, 0.15) is 0 Å². The molecule has 0 spiro atoms. The van der Waals surface area contributed by atoms with Gasteiger partial charge in [-0.15, -0.1) is 0 Å². The molecule has 0 fully saturated rings. The monoisotopic (exact) mass is 609 g/mol. The van der Waals surface area contributed by atoms with Crippen molar-refractivity contribution in [1.29, 1.82) is 0 Å². The van der Waals surface area contributed by atoms with Gasteiger partial charge in [0.2, 0.25) is 0 Å². The number of hydrogen-bond donors (Lipinski definition) is 4. The first-order valence-electron chi connectivity index (χ1n) is 17.0. The summed E-state index contributed by atoms with van der Waals surface area (Å²) in [7, 11) is 1.64. The molecule has 43 heavy (non-hydrogen) atoms. The highest BCUT2D eigenvalue weighted by Crippen LogP contribution is 2.22. The summed E-state index contributed by atoms with van der Waals surface area (Å²) in [5, 5.41) is 34.2. The molecule has 7 atom stereocenters. The summed E-state index contributed by atoms with van der Waals surface area (Å²) in [4.78, 5) is 25.6. The van der Waals surface area contributed by atoms with Crippen molar-refractivity contribution in [2.75, 3.05) is 20.3 Å².